The normalized spacial score (nSPS) is 17.5. The van der Waals surface area contributed by atoms with E-state index in [4.69, 9.17) is 0 Å². The van der Waals surface area contributed by atoms with Crippen LogP contribution in [0.3, 0.4) is 0 Å². The van der Waals surface area contributed by atoms with Crippen molar-refractivity contribution in [1.82, 2.24) is 15.1 Å². The molecule has 0 unspecified atom stereocenters. The van der Waals surface area contributed by atoms with Crippen molar-refractivity contribution in [1.29, 1.82) is 0 Å². The summed E-state index contributed by atoms with van der Waals surface area (Å²) in [5.41, 5.74) is 5.52. The molecule has 0 saturated carbocycles. The highest BCUT2D eigenvalue weighted by atomic mass is 16.2. The first-order valence-corrected chi connectivity index (χ1v) is 9.84. The van der Waals surface area contributed by atoms with Gasteiger partial charge in [0.25, 0.3) is 5.91 Å². The van der Waals surface area contributed by atoms with E-state index in [-0.39, 0.29) is 5.91 Å². The Kier molecular flexibility index (Phi) is 4.70. The van der Waals surface area contributed by atoms with Crippen molar-refractivity contribution in [2.45, 2.75) is 52.0 Å². The Labute approximate surface area is 155 Å². The van der Waals surface area contributed by atoms with Crippen LogP contribution in [0.2, 0.25) is 0 Å². The van der Waals surface area contributed by atoms with E-state index >= 15 is 0 Å². The van der Waals surface area contributed by atoms with Gasteiger partial charge in [-0.2, -0.15) is 5.10 Å². The molecule has 1 aromatic carbocycles. The fraction of sp³-hybridized carbons (Fsp3) is 0.524. The topological polar surface area (TPSA) is 52.2 Å². The van der Waals surface area contributed by atoms with Crippen LogP contribution in [-0.2, 0) is 13.0 Å². The summed E-state index contributed by atoms with van der Waals surface area (Å²) in [5.74, 6) is 0.491. The van der Waals surface area contributed by atoms with Crippen molar-refractivity contribution in [2.24, 2.45) is 0 Å². The van der Waals surface area contributed by atoms with E-state index < -0.39 is 0 Å². The molecule has 2 aromatic rings. The van der Waals surface area contributed by atoms with Gasteiger partial charge < -0.3 is 9.80 Å². The lowest BCUT2D eigenvalue weighted by Gasteiger charge is -2.30. The summed E-state index contributed by atoms with van der Waals surface area (Å²) in [5, 5.41) is 7.62. The lowest BCUT2D eigenvalue weighted by Crippen LogP contribution is -2.36. The van der Waals surface area contributed by atoms with Crippen molar-refractivity contribution in [3.63, 3.8) is 0 Å². The average Bonchev–Trinajstić information content (AvgIpc) is 3.12. The number of aromatic amines is 1. The van der Waals surface area contributed by atoms with Crippen molar-refractivity contribution < 1.29 is 4.79 Å². The largest absolute Gasteiger partial charge is 0.372 e. The second-order valence-corrected chi connectivity index (χ2v) is 7.79. The number of amides is 1. The number of rotatable bonds is 3. The van der Waals surface area contributed by atoms with E-state index in [0.29, 0.717) is 12.5 Å². The van der Waals surface area contributed by atoms with Gasteiger partial charge in [0, 0.05) is 55.1 Å². The molecule has 0 radical (unpaired) electrons. The zero-order valence-corrected chi connectivity index (χ0v) is 15.8. The molecule has 4 rings (SSSR count). The number of carbonyl (C=O) groups excluding carboxylic acids is 1. The number of fused-ring (bicyclic) bond motifs is 1. The number of carbonyl (C=O) groups is 1. The molecule has 1 aromatic heterocycles. The van der Waals surface area contributed by atoms with Crippen molar-refractivity contribution in [3.8, 4) is 0 Å². The molecule has 2 aliphatic heterocycles. The number of benzene rings is 1. The van der Waals surface area contributed by atoms with Gasteiger partial charge in [-0.15, -0.1) is 0 Å². The van der Waals surface area contributed by atoms with Crippen LogP contribution in [-0.4, -0.2) is 40.6 Å². The molecule has 138 valence electrons. The fourth-order valence-electron chi connectivity index (χ4n) is 4.12. The van der Waals surface area contributed by atoms with Gasteiger partial charge in [-0.1, -0.05) is 13.8 Å². The molecule has 2 aliphatic rings. The highest BCUT2D eigenvalue weighted by Gasteiger charge is 2.26. The molecule has 3 heterocycles. The lowest BCUT2D eigenvalue weighted by molar-refractivity contribution is 0.0733. The van der Waals surface area contributed by atoms with Crippen LogP contribution >= 0.6 is 0 Å². The number of aromatic nitrogens is 2. The first kappa shape index (κ1) is 17.1. The van der Waals surface area contributed by atoms with Crippen LogP contribution in [0, 0.1) is 0 Å². The standard InChI is InChI=1S/C21H28N4O/c1-15(2)20-18-14-25(13-10-19(18)22-23-20)21(26)16-6-8-17(9-7-16)24-11-4-3-5-12-24/h6-9,15H,3-5,10-14H2,1-2H3,(H,22,23). The highest BCUT2D eigenvalue weighted by Crippen LogP contribution is 2.27. The van der Waals surface area contributed by atoms with Crippen LogP contribution in [0.1, 0.15) is 66.3 Å². The number of nitrogens with zero attached hydrogens (tertiary/aromatic N) is 3. The van der Waals surface area contributed by atoms with Gasteiger partial charge in [0.1, 0.15) is 0 Å². The molecular weight excluding hydrogens is 324 g/mol. The highest BCUT2D eigenvalue weighted by molar-refractivity contribution is 5.94. The number of anilines is 1. The molecule has 1 N–H and O–H groups in total. The lowest BCUT2D eigenvalue weighted by atomic mass is 9.99. The van der Waals surface area contributed by atoms with Crippen molar-refractivity contribution >= 4 is 11.6 Å². The molecule has 0 aliphatic carbocycles. The minimum atomic E-state index is 0.122. The van der Waals surface area contributed by atoms with E-state index in [1.54, 1.807) is 0 Å². The smallest absolute Gasteiger partial charge is 0.254 e. The minimum absolute atomic E-state index is 0.122. The van der Waals surface area contributed by atoms with Crippen molar-refractivity contribution in [3.05, 3.63) is 46.8 Å². The first-order valence-electron chi connectivity index (χ1n) is 9.84. The second-order valence-electron chi connectivity index (χ2n) is 7.79. The third kappa shape index (κ3) is 3.22. The van der Waals surface area contributed by atoms with E-state index in [9.17, 15) is 4.79 Å². The van der Waals surface area contributed by atoms with Crippen LogP contribution in [0.25, 0.3) is 0 Å². The van der Waals surface area contributed by atoms with E-state index in [1.807, 2.05) is 17.0 Å². The monoisotopic (exact) mass is 352 g/mol. The molecule has 1 saturated heterocycles. The Morgan fingerprint density at radius 1 is 1.08 bits per heavy atom. The Hall–Kier alpha value is -2.30. The van der Waals surface area contributed by atoms with Gasteiger partial charge in [0.05, 0.1) is 5.69 Å². The van der Waals surface area contributed by atoms with E-state index in [1.165, 1.54) is 36.2 Å². The van der Waals surface area contributed by atoms with Crippen LogP contribution in [0.4, 0.5) is 5.69 Å². The number of H-pyrrole nitrogens is 1. The van der Waals surface area contributed by atoms with Crippen LogP contribution < -0.4 is 4.90 Å². The molecule has 26 heavy (non-hydrogen) atoms. The fourth-order valence-corrected chi connectivity index (χ4v) is 4.12. The Bertz CT molecular complexity index is 772. The molecule has 5 heteroatoms. The number of hydrogen-bond acceptors (Lipinski definition) is 3. The summed E-state index contributed by atoms with van der Waals surface area (Å²) in [6, 6.07) is 8.18. The van der Waals surface area contributed by atoms with E-state index in [2.05, 4.69) is 41.1 Å². The SMILES string of the molecule is CC(C)c1n[nH]c2c1CN(C(=O)c1ccc(N3CCCCC3)cc1)CC2. The van der Waals surface area contributed by atoms with Gasteiger partial charge in [-0.3, -0.25) is 9.89 Å². The third-order valence-electron chi connectivity index (χ3n) is 5.64. The number of hydrogen-bond donors (Lipinski definition) is 1. The second kappa shape index (κ2) is 7.14. The molecule has 0 bridgehead atoms. The molecular formula is C21H28N4O. The number of piperidine rings is 1. The van der Waals surface area contributed by atoms with Gasteiger partial charge in [0.15, 0.2) is 0 Å². The molecule has 1 amide bonds. The maximum absolute atomic E-state index is 13.0. The number of nitrogens with one attached hydrogen (secondary N) is 1. The van der Waals surface area contributed by atoms with Crippen LogP contribution in [0.5, 0.6) is 0 Å². The quantitative estimate of drug-likeness (QED) is 0.916. The molecule has 0 spiro atoms. The summed E-state index contributed by atoms with van der Waals surface area (Å²) >= 11 is 0. The van der Waals surface area contributed by atoms with Gasteiger partial charge in [0.2, 0.25) is 0 Å². The van der Waals surface area contributed by atoms with E-state index in [0.717, 1.165) is 37.3 Å². The Morgan fingerprint density at radius 2 is 1.81 bits per heavy atom. The summed E-state index contributed by atoms with van der Waals surface area (Å²) < 4.78 is 0. The summed E-state index contributed by atoms with van der Waals surface area (Å²) in [6.45, 7) is 7.96. The summed E-state index contributed by atoms with van der Waals surface area (Å²) in [4.78, 5) is 17.4. The maximum atomic E-state index is 13.0. The Balaban J connectivity index is 1.48. The molecule has 0 atom stereocenters. The zero-order chi connectivity index (χ0) is 18.1. The van der Waals surface area contributed by atoms with Crippen molar-refractivity contribution in [2.75, 3.05) is 24.5 Å². The van der Waals surface area contributed by atoms with Gasteiger partial charge >= 0.3 is 0 Å². The summed E-state index contributed by atoms with van der Waals surface area (Å²) in [7, 11) is 0. The van der Waals surface area contributed by atoms with Gasteiger partial charge in [-0.05, 0) is 49.4 Å². The van der Waals surface area contributed by atoms with Gasteiger partial charge in [-0.25, -0.2) is 0 Å². The predicted molar refractivity (Wildman–Crippen MR) is 104 cm³/mol. The first-order chi connectivity index (χ1) is 12.6. The maximum Gasteiger partial charge on any atom is 0.254 e. The minimum Gasteiger partial charge on any atom is -0.372 e. The Morgan fingerprint density at radius 3 is 2.50 bits per heavy atom. The van der Waals surface area contributed by atoms with Crippen LogP contribution in [0.15, 0.2) is 24.3 Å². The predicted octanol–water partition coefficient (Wildman–Crippen LogP) is 3.72. The average molecular weight is 352 g/mol. The summed E-state index contributed by atoms with van der Waals surface area (Å²) in [6.07, 6.45) is 4.71. The third-order valence-corrected chi connectivity index (χ3v) is 5.64. The zero-order valence-electron chi connectivity index (χ0n) is 15.8. The molecule has 1 fully saturated rings. The molecule has 5 nitrogen and oxygen atoms in total.